The first-order chi connectivity index (χ1) is 15.4. The fourth-order valence-electron chi connectivity index (χ4n) is 3.40. The lowest BCUT2D eigenvalue weighted by Crippen LogP contribution is -2.07. The maximum absolute atomic E-state index is 12.4. The van der Waals surface area contributed by atoms with Gasteiger partial charge in [0.15, 0.2) is 5.17 Å². The Hall–Kier alpha value is -3.85. The number of aromatic nitrogens is 1. The number of para-hydroxylation sites is 1. The van der Waals surface area contributed by atoms with E-state index in [0.717, 1.165) is 27.7 Å². The highest BCUT2D eigenvalue weighted by molar-refractivity contribution is 8.18. The molecule has 2 heterocycles. The standard InChI is InChI=1S/C23H19N3O5S/c27-20(28)10-7-14-5-8-16(9-6-14)24-23-25-22(31)19(32-23)11-15-12-26(13-21(29)30)18-4-2-1-3-17(15)18/h1-6,8-9,11-12H,7,10,13H2,(H,27,28)(H,29,30)(H,24,25,31)/b19-11+. The molecule has 4 rings (SSSR count). The van der Waals surface area contributed by atoms with Gasteiger partial charge in [-0.3, -0.25) is 14.4 Å². The van der Waals surface area contributed by atoms with E-state index in [9.17, 15) is 14.4 Å². The second-order valence-electron chi connectivity index (χ2n) is 7.17. The number of anilines is 1. The second kappa shape index (κ2) is 9.11. The van der Waals surface area contributed by atoms with Crippen molar-refractivity contribution in [2.75, 3.05) is 5.32 Å². The Bertz CT molecular complexity index is 1270. The molecule has 0 fully saturated rings. The molecule has 162 valence electrons. The third kappa shape index (κ3) is 4.89. The number of fused-ring (bicyclic) bond motifs is 1. The second-order valence-corrected chi connectivity index (χ2v) is 8.20. The lowest BCUT2D eigenvalue weighted by atomic mass is 10.1. The number of aliphatic imine (C=N–C) groups is 1. The third-order valence-electron chi connectivity index (χ3n) is 4.86. The summed E-state index contributed by atoms with van der Waals surface area (Å²) in [5.41, 5.74) is 3.17. The van der Waals surface area contributed by atoms with Gasteiger partial charge in [0, 0.05) is 34.8 Å². The van der Waals surface area contributed by atoms with E-state index in [2.05, 4.69) is 10.3 Å². The van der Waals surface area contributed by atoms with Crippen molar-refractivity contribution in [2.24, 2.45) is 4.99 Å². The zero-order chi connectivity index (χ0) is 22.7. The molecule has 0 saturated heterocycles. The van der Waals surface area contributed by atoms with Gasteiger partial charge in [-0.05, 0) is 48.0 Å². The molecule has 0 radical (unpaired) electrons. The molecule has 2 aromatic carbocycles. The lowest BCUT2D eigenvalue weighted by molar-refractivity contribution is -0.138. The topological polar surface area (TPSA) is 121 Å². The first-order valence-electron chi connectivity index (χ1n) is 9.79. The van der Waals surface area contributed by atoms with Crippen molar-refractivity contribution in [1.82, 2.24) is 4.57 Å². The van der Waals surface area contributed by atoms with E-state index < -0.39 is 11.9 Å². The Morgan fingerprint density at radius 3 is 2.53 bits per heavy atom. The fourth-order valence-corrected chi connectivity index (χ4v) is 4.22. The van der Waals surface area contributed by atoms with Crippen molar-refractivity contribution >= 4 is 57.4 Å². The average Bonchev–Trinajstić information content (AvgIpc) is 3.27. The van der Waals surface area contributed by atoms with Gasteiger partial charge < -0.3 is 20.1 Å². The van der Waals surface area contributed by atoms with Crippen LogP contribution in [0.5, 0.6) is 0 Å². The number of rotatable bonds is 7. The summed E-state index contributed by atoms with van der Waals surface area (Å²) < 4.78 is 1.64. The van der Waals surface area contributed by atoms with Crippen LogP contribution < -0.4 is 5.32 Å². The van der Waals surface area contributed by atoms with Gasteiger partial charge in [-0.1, -0.05) is 30.3 Å². The summed E-state index contributed by atoms with van der Waals surface area (Å²) in [5.74, 6) is -2.15. The van der Waals surface area contributed by atoms with Crippen molar-refractivity contribution in [3.8, 4) is 0 Å². The molecule has 3 N–H and O–H groups in total. The molecule has 9 heteroatoms. The number of nitrogens with one attached hydrogen (secondary N) is 1. The van der Waals surface area contributed by atoms with E-state index in [1.54, 1.807) is 16.8 Å². The van der Waals surface area contributed by atoms with Crippen LogP contribution in [-0.2, 0) is 27.3 Å². The molecule has 0 spiro atoms. The summed E-state index contributed by atoms with van der Waals surface area (Å²) in [6.07, 6.45) is 3.97. The lowest BCUT2D eigenvalue weighted by Gasteiger charge is -2.05. The van der Waals surface area contributed by atoms with Crippen LogP contribution in [0.1, 0.15) is 17.5 Å². The number of aryl methyl sites for hydroxylation is 1. The highest BCUT2D eigenvalue weighted by Gasteiger charge is 2.23. The molecule has 0 atom stereocenters. The minimum atomic E-state index is -0.944. The van der Waals surface area contributed by atoms with E-state index in [1.807, 2.05) is 48.5 Å². The highest BCUT2D eigenvalue weighted by atomic mass is 32.2. The summed E-state index contributed by atoms with van der Waals surface area (Å²) in [5, 5.41) is 22.3. The van der Waals surface area contributed by atoms with Crippen LogP contribution in [0.3, 0.4) is 0 Å². The SMILES string of the molecule is O=C(O)CCc1ccc(NC2=NC(=O)/C(=C\c3cn(CC(=O)O)c4ccccc34)S2)cc1. The summed E-state index contributed by atoms with van der Waals surface area (Å²) in [6.45, 7) is -0.170. The Morgan fingerprint density at radius 1 is 1.06 bits per heavy atom. The number of carbonyl (C=O) groups excluding carboxylic acids is 1. The van der Waals surface area contributed by atoms with Gasteiger partial charge in [-0.15, -0.1) is 0 Å². The van der Waals surface area contributed by atoms with E-state index in [4.69, 9.17) is 10.2 Å². The normalized spacial score (nSPS) is 14.7. The Kier molecular flexibility index (Phi) is 6.09. The number of carboxylic acid groups (broad SMARTS) is 2. The van der Waals surface area contributed by atoms with Gasteiger partial charge in [0.05, 0.1) is 4.91 Å². The quantitative estimate of drug-likeness (QED) is 0.469. The maximum Gasteiger partial charge on any atom is 0.323 e. The van der Waals surface area contributed by atoms with Crippen LogP contribution in [0, 0.1) is 0 Å². The first-order valence-corrected chi connectivity index (χ1v) is 10.6. The summed E-state index contributed by atoms with van der Waals surface area (Å²) >= 11 is 1.21. The van der Waals surface area contributed by atoms with E-state index in [0.29, 0.717) is 16.5 Å². The van der Waals surface area contributed by atoms with Crippen molar-refractivity contribution in [3.63, 3.8) is 0 Å². The fraction of sp³-hybridized carbons (Fsp3) is 0.130. The van der Waals surface area contributed by atoms with E-state index in [1.165, 1.54) is 11.8 Å². The molecule has 1 aliphatic rings. The molecule has 1 amide bonds. The number of thioether (sulfide) groups is 1. The summed E-state index contributed by atoms with van der Waals surface area (Å²) in [6, 6.07) is 14.7. The van der Waals surface area contributed by atoms with Crippen molar-refractivity contribution in [3.05, 3.63) is 70.8 Å². The van der Waals surface area contributed by atoms with Crippen LogP contribution in [0.2, 0.25) is 0 Å². The van der Waals surface area contributed by atoms with Gasteiger partial charge in [0.1, 0.15) is 6.54 Å². The molecule has 0 saturated carbocycles. The van der Waals surface area contributed by atoms with Gasteiger partial charge in [-0.2, -0.15) is 4.99 Å². The number of amidine groups is 1. The number of nitrogens with zero attached hydrogens (tertiary/aromatic N) is 2. The zero-order valence-electron chi connectivity index (χ0n) is 16.8. The molecular formula is C23H19N3O5S. The van der Waals surface area contributed by atoms with Gasteiger partial charge >= 0.3 is 11.9 Å². The summed E-state index contributed by atoms with van der Waals surface area (Å²) in [4.78, 5) is 38.8. The van der Waals surface area contributed by atoms with Crippen molar-refractivity contribution in [2.45, 2.75) is 19.4 Å². The Balaban J connectivity index is 1.49. The average molecular weight is 449 g/mol. The molecule has 1 aliphatic heterocycles. The van der Waals surface area contributed by atoms with Crippen LogP contribution in [0.25, 0.3) is 17.0 Å². The molecule has 0 bridgehead atoms. The highest BCUT2D eigenvalue weighted by Crippen LogP contribution is 2.32. The number of carboxylic acids is 2. The predicted octanol–water partition coefficient (Wildman–Crippen LogP) is 3.83. The number of hydrogen-bond donors (Lipinski definition) is 3. The van der Waals surface area contributed by atoms with Crippen molar-refractivity contribution < 1.29 is 24.6 Å². The predicted molar refractivity (Wildman–Crippen MR) is 124 cm³/mol. The van der Waals surface area contributed by atoms with Crippen molar-refractivity contribution in [1.29, 1.82) is 0 Å². The maximum atomic E-state index is 12.4. The minimum absolute atomic E-state index is 0.0703. The van der Waals surface area contributed by atoms with Gasteiger partial charge in [0.2, 0.25) is 0 Å². The zero-order valence-corrected chi connectivity index (χ0v) is 17.6. The van der Waals surface area contributed by atoms with E-state index >= 15 is 0 Å². The number of amides is 1. The van der Waals surface area contributed by atoms with Crippen LogP contribution in [-0.4, -0.2) is 37.8 Å². The van der Waals surface area contributed by atoms with Crippen LogP contribution >= 0.6 is 11.8 Å². The molecule has 32 heavy (non-hydrogen) atoms. The molecular weight excluding hydrogens is 430 g/mol. The largest absolute Gasteiger partial charge is 0.481 e. The van der Waals surface area contributed by atoms with Crippen LogP contribution in [0.4, 0.5) is 5.69 Å². The number of benzene rings is 2. The third-order valence-corrected chi connectivity index (χ3v) is 5.76. The minimum Gasteiger partial charge on any atom is -0.481 e. The molecule has 3 aromatic rings. The summed E-state index contributed by atoms with van der Waals surface area (Å²) in [7, 11) is 0. The van der Waals surface area contributed by atoms with Gasteiger partial charge in [0.25, 0.3) is 5.91 Å². The number of aliphatic carboxylic acids is 2. The smallest absolute Gasteiger partial charge is 0.323 e. The number of hydrogen-bond acceptors (Lipinski definition) is 5. The monoisotopic (exact) mass is 449 g/mol. The van der Waals surface area contributed by atoms with E-state index in [-0.39, 0.29) is 18.9 Å². The number of carbonyl (C=O) groups is 3. The van der Waals surface area contributed by atoms with Gasteiger partial charge in [-0.25, -0.2) is 0 Å². The Labute approximate surface area is 187 Å². The van der Waals surface area contributed by atoms with Crippen LogP contribution in [0.15, 0.2) is 64.6 Å². The molecule has 0 aliphatic carbocycles. The first kappa shape index (κ1) is 21.4. The Morgan fingerprint density at radius 2 is 1.81 bits per heavy atom. The molecule has 8 nitrogen and oxygen atoms in total. The molecule has 1 aromatic heterocycles. The molecule has 0 unspecified atom stereocenters.